The van der Waals surface area contributed by atoms with Gasteiger partial charge in [-0.3, -0.25) is 4.40 Å². The van der Waals surface area contributed by atoms with Gasteiger partial charge in [0, 0.05) is 40.0 Å². The topological polar surface area (TPSA) is 29.3 Å². The Morgan fingerprint density at radius 3 is 3.00 bits per heavy atom. The molecule has 0 aliphatic rings. The van der Waals surface area contributed by atoms with Crippen LogP contribution in [0.25, 0.3) is 4.96 Å². The van der Waals surface area contributed by atoms with Gasteiger partial charge >= 0.3 is 0 Å². The number of fused-ring (bicyclic) bond motifs is 1. The Balaban J connectivity index is 1.80. The van der Waals surface area contributed by atoms with Crippen molar-refractivity contribution in [3.8, 4) is 0 Å². The second kappa shape index (κ2) is 6.08. The van der Waals surface area contributed by atoms with Gasteiger partial charge in [0.15, 0.2) is 4.96 Å². The second-order valence-corrected chi connectivity index (χ2v) is 7.18. The summed E-state index contributed by atoms with van der Waals surface area (Å²) in [6.45, 7) is 5.41. The zero-order valence-corrected chi connectivity index (χ0v) is 13.4. The highest BCUT2D eigenvalue weighted by Gasteiger charge is 2.15. The lowest BCUT2D eigenvalue weighted by Crippen LogP contribution is -2.23. The van der Waals surface area contributed by atoms with Gasteiger partial charge in [-0.05, 0) is 32.0 Å². The molecule has 0 fully saturated rings. The number of aromatic nitrogens is 2. The number of aryl methyl sites for hydroxylation is 1. The lowest BCUT2D eigenvalue weighted by Gasteiger charge is -2.15. The van der Waals surface area contributed by atoms with Crippen molar-refractivity contribution in [1.82, 2.24) is 14.7 Å². The van der Waals surface area contributed by atoms with Crippen molar-refractivity contribution in [3.63, 3.8) is 0 Å². The van der Waals surface area contributed by atoms with Crippen LogP contribution in [0.15, 0.2) is 29.9 Å². The largest absolute Gasteiger partial charge is 0.309 e. The maximum atomic E-state index is 4.70. The van der Waals surface area contributed by atoms with Gasteiger partial charge in [-0.1, -0.05) is 6.92 Å². The molecule has 3 rings (SSSR count). The monoisotopic (exact) mass is 305 g/mol. The summed E-state index contributed by atoms with van der Waals surface area (Å²) in [5.74, 6) is 0. The smallest absolute Gasteiger partial charge is 0.193 e. The lowest BCUT2D eigenvalue weighted by atomic mass is 10.1. The third-order valence-corrected chi connectivity index (χ3v) is 5.19. The highest BCUT2D eigenvalue weighted by Crippen LogP contribution is 2.26. The van der Waals surface area contributed by atoms with Crippen LogP contribution in [0.2, 0.25) is 0 Å². The van der Waals surface area contributed by atoms with Gasteiger partial charge in [0.25, 0.3) is 0 Å². The molecule has 0 spiro atoms. The molecule has 106 valence electrons. The van der Waals surface area contributed by atoms with Crippen LogP contribution in [0.5, 0.6) is 0 Å². The van der Waals surface area contributed by atoms with Gasteiger partial charge in [-0.2, -0.15) is 0 Å². The summed E-state index contributed by atoms with van der Waals surface area (Å²) in [6.07, 6.45) is 6.32. The van der Waals surface area contributed by atoms with Crippen molar-refractivity contribution < 1.29 is 0 Å². The standard InChI is InChI=1S/C15H19N3S2/c1-3-6-16-13(14-5-4-11(2)20-14)9-12-10-18-7-8-19-15(18)17-12/h4-5,7-8,10,13,16H,3,6,9H2,1-2H3. The Kier molecular flexibility index (Phi) is 4.19. The molecule has 20 heavy (non-hydrogen) atoms. The highest BCUT2D eigenvalue weighted by molar-refractivity contribution is 7.15. The Morgan fingerprint density at radius 1 is 1.40 bits per heavy atom. The number of nitrogens with one attached hydrogen (secondary N) is 1. The second-order valence-electron chi connectivity index (χ2n) is 4.98. The van der Waals surface area contributed by atoms with Crippen molar-refractivity contribution >= 4 is 27.6 Å². The molecule has 1 N–H and O–H groups in total. The quantitative estimate of drug-likeness (QED) is 0.744. The Bertz CT molecular complexity index is 651. The van der Waals surface area contributed by atoms with Crippen LogP contribution in [0.1, 0.15) is 34.8 Å². The van der Waals surface area contributed by atoms with Crippen LogP contribution in [0.3, 0.4) is 0 Å². The molecule has 0 aliphatic heterocycles. The van der Waals surface area contributed by atoms with Crippen molar-refractivity contribution in [2.24, 2.45) is 0 Å². The first kappa shape index (κ1) is 13.8. The zero-order chi connectivity index (χ0) is 13.9. The molecule has 0 saturated heterocycles. The summed E-state index contributed by atoms with van der Waals surface area (Å²) >= 11 is 3.57. The molecule has 0 amide bonds. The normalized spacial score (nSPS) is 13.1. The predicted molar refractivity (Wildman–Crippen MR) is 86.9 cm³/mol. The van der Waals surface area contributed by atoms with E-state index in [1.807, 2.05) is 11.3 Å². The third-order valence-electron chi connectivity index (χ3n) is 3.30. The molecule has 0 saturated carbocycles. The van der Waals surface area contributed by atoms with Crippen LogP contribution in [-0.2, 0) is 6.42 Å². The van der Waals surface area contributed by atoms with E-state index in [9.17, 15) is 0 Å². The number of hydrogen-bond donors (Lipinski definition) is 1. The van der Waals surface area contributed by atoms with E-state index in [4.69, 9.17) is 4.98 Å². The minimum atomic E-state index is 0.373. The molecule has 0 aliphatic carbocycles. The molecule has 0 radical (unpaired) electrons. The summed E-state index contributed by atoms with van der Waals surface area (Å²) in [4.78, 5) is 8.56. The summed E-state index contributed by atoms with van der Waals surface area (Å²) in [7, 11) is 0. The van der Waals surface area contributed by atoms with Crippen molar-refractivity contribution in [1.29, 1.82) is 0 Å². The van der Waals surface area contributed by atoms with E-state index >= 15 is 0 Å². The Labute approximate surface area is 127 Å². The molecule has 3 aromatic heterocycles. The maximum Gasteiger partial charge on any atom is 0.193 e. The summed E-state index contributed by atoms with van der Waals surface area (Å²) in [5.41, 5.74) is 1.16. The van der Waals surface area contributed by atoms with Gasteiger partial charge < -0.3 is 5.32 Å². The van der Waals surface area contributed by atoms with E-state index < -0.39 is 0 Å². The van der Waals surface area contributed by atoms with E-state index in [1.165, 1.54) is 9.75 Å². The lowest BCUT2D eigenvalue weighted by molar-refractivity contribution is 0.532. The fourth-order valence-electron chi connectivity index (χ4n) is 2.32. The van der Waals surface area contributed by atoms with Crippen LogP contribution < -0.4 is 5.32 Å². The Hall–Kier alpha value is -1.17. The first-order valence-electron chi connectivity index (χ1n) is 6.97. The van der Waals surface area contributed by atoms with Gasteiger partial charge in [0.05, 0.1) is 5.69 Å². The molecule has 3 heterocycles. The summed E-state index contributed by atoms with van der Waals surface area (Å²) in [6, 6.07) is 4.82. The number of thiophene rings is 1. The molecular formula is C15H19N3S2. The van der Waals surface area contributed by atoms with E-state index in [-0.39, 0.29) is 0 Å². The average molecular weight is 305 g/mol. The van der Waals surface area contributed by atoms with E-state index in [0.29, 0.717) is 6.04 Å². The molecular weight excluding hydrogens is 286 g/mol. The van der Waals surface area contributed by atoms with Crippen LogP contribution in [0, 0.1) is 6.92 Å². The van der Waals surface area contributed by atoms with Crippen LogP contribution >= 0.6 is 22.7 Å². The number of hydrogen-bond acceptors (Lipinski definition) is 4. The molecule has 0 bridgehead atoms. The first-order valence-corrected chi connectivity index (χ1v) is 8.66. The van der Waals surface area contributed by atoms with Crippen molar-refractivity contribution in [2.45, 2.75) is 32.7 Å². The first-order chi connectivity index (χ1) is 9.76. The molecule has 3 aromatic rings. The minimum absolute atomic E-state index is 0.373. The van der Waals surface area contributed by atoms with Crippen LogP contribution in [-0.4, -0.2) is 15.9 Å². The highest BCUT2D eigenvalue weighted by atomic mass is 32.1. The molecule has 1 unspecified atom stereocenters. The fourth-order valence-corrected chi connectivity index (χ4v) is 3.99. The van der Waals surface area contributed by atoms with Crippen molar-refractivity contribution in [3.05, 3.63) is 45.4 Å². The zero-order valence-electron chi connectivity index (χ0n) is 11.8. The molecule has 3 nitrogen and oxygen atoms in total. The molecule has 0 aromatic carbocycles. The number of thiazole rings is 1. The number of rotatable bonds is 6. The van der Waals surface area contributed by atoms with Gasteiger partial charge in [-0.25, -0.2) is 4.98 Å². The van der Waals surface area contributed by atoms with Gasteiger partial charge in [-0.15, -0.1) is 22.7 Å². The van der Waals surface area contributed by atoms with E-state index in [2.05, 4.69) is 53.5 Å². The number of nitrogens with zero attached hydrogens (tertiary/aromatic N) is 2. The number of imidazole rings is 1. The van der Waals surface area contributed by atoms with Crippen LogP contribution in [0.4, 0.5) is 0 Å². The van der Waals surface area contributed by atoms with E-state index in [0.717, 1.165) is 30.0 Å². The average Bonchev–Trinajstić information content (AvgIpc) is 3.09. The SMILES string of the molecule is CCCNC(Cc1cn2ccsc2n1)c1ccc(C)s1. The fraction of sp³-hybridized carbons (Fsp3) is 0.400. The third kappa shape index (κ3) is 2.95. The summed E-state index contributed by atoms with van der Waals surface area (Å²) < 4.78 is 2.11. The molecule has 1 atom stereocenters. The summed E-state index contributed by atoms with van der Waals surface area (Å²) in [5, 5.41) is 5.72. The maximum absolute atomic E-state index is 4.70. The van der Waals surface area contributed by atoms with Gasteiger partial charge in [0.2, 0.25) is 0 Å². The predicted octanol–water partition coefficient (Wildman–Crippen LogP) is 4.05. The molecule has 5 heteroatoms. The van der Waals surface area contributed by atoms with Crippen molar-refractivity contribution in [2.75, 3.05) is 6.54 Å². The van der Waals surface area contributed by atoms with Gasteiger partial charge in [0.1, 0.15) is 0 Å². The van der Waals surface area contributed by atoms with E-state index in [1.54, 1.807) is 11.3 Å². The minimum Gasteiger partial charge on any atom is -0.309 e. The Morgan fingerprint density at radius 2 is 2.30 bits per heavy atom.